The van der Waals surface area contributed by atoms with Gasteiger partial charge in [-0.1, -0.05) is 12.1 Å². The van der Waals surface area contributed by atoms with E-state index in [4.69, 9.17) is 0 Å². The quantitative estimate of drug-likeness (QED) is 0.171. The van der Waals surface area contributed by atoms with Crippen LogP contribution in [0.4, 0.5) is 0 Å². The molecule has 0 saturated carbocycles. The number of nitriles is 2. The standard InChI is InChI=1S/C32H20N4O4/c1-13(2)35-29(37)19-7-5-17-24-16(12-34)10-22-26-20(30(38)36(14(3)4)32(22)40)8-6-18(28(24)26)23-15(11-33)9-21(31(35)39)25(19)27(17)23/h5-10,13-14H,1-4H3. The highest BCUT2D eigenvalue weighted by atomic mass is 16.2. The summed E-state index contributed by atoms with van der Waals surface area (Å²) in [6.07, 6.45) is 0. The van der Waals surface area contributed by atoms with Gasteiger partial charge in [0.15, 0.2) is 0 Å². The molecule has 0 aliphatic carbocycles. The van der Waals surface area contributed by atoms with E-state index < -0.39 is 23.6 Å². The number of hydrogen-bond donors (Lipinski definition) is 0. The highest BCUT2D eigenvalue weighted by molar-refractivity contribution is 6.42. The number of amides is 4. The van der Waals surface area contributed by atoms with Gasteiger partial charge in [-0.15, -0.1) is 0 Å². The van der Waals surface area contributed by atoms with Gasteiger partial charge < -0.3 is 0 Å². The van der Waals surface area contributed by atoms with E-state index in [9.17, 15) is 29.7 Å². The molecule has 7 rings (SSSR count). The van der Waals surface area contributed by atoms with Gasteiger partial charge in [0.2, 0.25) is 0 Å². The first-order valence-corrected chi connectivity index (χ1v) is 13.0. The number of benzene rings is 5. The van der Waals surface area contributed by atoms with Gasteiger partial charge in [-0.2, -0.15) is 10.5 Å². The second-order valence-electron chi connectivity index (χ2n) is 10.9. The van der Waals surface area contributed by atoms with E-state index in [2.05, 4.69) is 12.1 Å². The SMILES string of the molecule is CC(C)N1C(=O)c2ccc3c4c(C#N)cc5c6c(ccc(c7c(C#N)cc(c2c37)C1=O)c64)C(=O)N(C(C)C)C5=O. The molecule has 0 aromatic heterocycles. The summed E-state index contributed by atoms with van der Waals surface area (Å²) in [6, 6.07) is 13.5. The van der Waals surface area contributed by atoms with Crippen molar-refractivity contribution in [3.63, 3.8) is 0 Å². The third kappa shape index (κ3) is 2.58. The Morgan fingerprint density at radius 1 is 0.525 bits per heavy atom. The highest BCUT2D eigenvalue weighted by Crippen LogP contribution is 2.48. The summed E-state index contributed by atoms with van der Waals surface area (Å²) in [5, 5.41) is 24.7. The maximum absolute atomic E-state index is 13.6. The van der Waals surface area contributed by atoms with Gasteiger partial charge in [-0.25, -0.2) is 0 Å². The zero-order valence-electron chi connectivity index (χ0n) is 22.0. The lowest BCUT2D eigenvalue weighted by atomic mass is 9.79. The number of imide groups is 2. The van der Waals surface area contributed by atoms with Crippen molar-refractivity contribution in [3.05, 3.63) is 69.8 Å². The maximum Gasteiger partial charge on any atom is 0.261 e. The van der Waals surface area contributed by atoms with Gasteiger partial charge in [0.05, 0.1) is 34.4 Å². The van der Waals surface area contributed by atoms with Gasteiger partial charge in [-0.05, 0) is 62.7 Å². The van der Waals surface area contributed by atoms with Gasteiger partial charge in [0.1, 0.15) is 0 Å². The molecule has 0 spiro atoms. The van der Waals surface area contributed by atoms with E-state index in [1.54, 1.807) is 52.0 Å². The summed E-state index contributed by atoms with van der Waals surface area (Å²) in [5.41, 5.74) is 1.66. The molecule has 0 fully saturated rings. The molecule has 192 valence electrons. The number of carbonyl (C=O) groups excluding carboxylic acids is 4. The lowest BCUT2D eigenvalue weighted by Gasteiger charge is -2.32. The van der Waals surface area contributed by atoms with E-state index in [0.29, 0.717) is 54.2 Å². The molecule has 0 radical (unpaired) electrons. The summed E-state index contributed by atoms with van der Waals surface area (Å²) in [5.74, 6) is -1.80. The van der Waals surface area contributed by atoms with Crippen LogP contribution in [0, 0.1) is 22.7 Å². The van der Waals surface area contributed by atoms with E-state index in [1.807, 2.05) is 0 Å². The molecule has 5 aromatic carbocycles. The Balaban J connectivity index is 1.77. The van der Waals surface area contributed by atoms with Crippen molar-refractivity contribution in [2.24, 2.45) is 0 Å². The van der Waals surface area contributed by atoms with Gasteiger partial charge in [0.25, 0.3) is 23.6 Å². The molecule has 8 nitrogen and oxygen atoms in total. The van der Waals surface area contributed by atoms with Crippen molar-refractivity contribution in [2.75, 3.05) is 0 Å². The van der Waals surface area contributed by atoms with Crippen molar-refractivity contribution in [2.45, 2.75) is 39.8 Å². The van der Waals surface area contributed by atoms with Crippen LogP contribution in [0.15, 0.2) is 36.4 Å². The minimum Gasteiger partial charge on any atom is -0.272 e. The predicted molar refractivity (Wildman–Crippen MR) is 148 cm³/mol. The molecule has 2 aliphatic heterocycles. The van der Waals surface area contributed by atoms with Crippen LogP contribution in [-0.2, 0) is 0 Å². The van der Waals surface area contributed by atoms with Crippen LogP contribution >= 0.6 is 0 Å². The summed E-state index contributed by atoms with van der Waals surface area (Å²) in [4.78, 5) is 56.5. The minimum absolute atomic E-state index is 0.231. The average Bonchev–Trinajstić information content (AvgIpc) is 2.92. The van der Waals surface area contributed by atoms with Crippen molar-refractivity contribution in [3.8, 4) is 12.1 Å². The van der Waals surface area contributed by atoms with Crippen LogP contribution in [0.1, 0.15) is 80.3 Å². The molecule has 2 aliphatic rings. The molecule has 0 atom stereocenters. The normalized spacial score (nSPS) is 15.0. The van der Waals surface area contributed by atoms with Crippen LogP contribution < -0.4 is 0 Å². The van der Waals surface area contributed by atoms with Crippen molar-refractivity contribution >= 4 is 66.7 Å². The predicted octanol–water partition coefficient (Wildman–Crippen LogP) is 5.49. The number of nitrogens with zero attached hydrogens (tertiary/aromatic N) is 4. The number of rotatable bonds is 2. The second-order valence-corrected chi connectivity index (χ2v) is 10.9. The average molecular weight is 525 g/mol. The zero-order valence-corrected chi connectivity index (χ0v) is 22.0. The fourth-order valence-corrected chi connectivity index (χ4v) is 6.62. The first-order chi connectivity index (χ1) is 19.1. The molecule has 2 heterocycles. The third-order valence-corrected chi connectivity index (χ3v) is 8.17. The maximum atomic E-state index is 13.6. The minimum atomic E-state index is -0.478. The fraction of sp³-hybridized carbons (Fsp3) is 0.188. The van der Waals surface area contributed by atoms with Crippen molar-refractivity contribution in [1.29, 1.82) is 10.5 Å². The van der Waals surface area contributed by atoms with Gasteiger partial charge in [-0.3, -0.25) is 29.0 Å². The Bertz CT molecular complexity index is 2020. The van der Waals surface area contributed by atoms with Gasteiger partial charge >= 0.3 is 0 Å². The van der Waals surface area contributed by atoms with E-state index in [-0.39, 0.29) is 34.3 Å². The largest absolute Gasteiger partial charge is 0.272 e. The third-order valence-electron chi connectivity index (χ3n) is 8.17. The summed E-state index contributed by atoms with van der Waals surface area (Å²) in [7, 11) is 0. The summed E-state index contributed by atoms with van der Waals surface area (Å²) >= 11 is 0. The Kier molecular flexibility index (Phi) is 4.52. The lowest BCUT2D eigenvalue weighted by molar-refractivity contribution is 0.0547. The zero-order chi connectivity index (χ0) is 28.4. The lowest BCUT2D eigenvalue weighted by Crippen LogP contribution is -2.44. The first-order valence-electron chi connectivity index (χ1n) is 13.0. The smallest absolute Gasteiger partial charge is 0.261 e. The number of hydrogen-bond acceptors (Lipinski definition) is 6. The Morgan fingerprint density at radius 3 is 1.20 bits per heavy atom. The van der Waals surface area contributed by atoms with Crippen LogP contribution in [0.2, 0.25) is 0 Å². The van der Waals surface area contributed by atoms with Crippen LogP contribution in [0.5, 0.6) is 0 Å². The van der Waals surface area contributed by atoms with Crippen molar-refractivity contribution < 1.29 is 19.2 Å². The molecule has 40 heavy (non-hydrogen) atoms. The molecule has 5 aromatic rings. The van der Waals surface area contributed by atoms with Gasteiger partial charge in [0, 0.05) is 55.5 Å². The first kappa shape index (κ1) is 23.8. The molecule has 0 bridgehead atoms. The highest BCUT2D eigenvalue weighted by Gasteiger charge is 2.39. The van der Waals surface area contributed by atoms with E-state index >= 15 is 0 Å². The Hall–Kier alpha value is -5.34. The molecule has 0 unspecified atom stereocenters. The Morgan fingerprint density at radius 2 is 0.875 bits per heavy atom. The molecule has 0 N–H and O–H groups in total. The molecule has 4 amide bonds. The summed E-state index contributed by atoms with van der Waals surface area (Å²) in [6.45, 7) is 7.03. The van der Waals surface area contributed by atoms with Crippen LogP contribution in [-0.4, -0.2) is 45.5 Å². The van der Waals surface area contributed by atoms with Crippen LogP contribution in [0.3, 0.4) is 0 Å². The molecule has 8 heteroatoms. The fourth-order valence-electron chi connectivity index (χ4n) is 6.62. The van der Waals surface area contributed by atoms with E-state index in [0.717, 1.165) is 0 Å². The van der Waals surface area contributed by atoms with Crippen LogP contribution in [0.25, 0.3) is 43.1 Å². The molecule has 0 saturated heterocycles. The molecular weight excluding hydrogens is 504 g/mol. The monoisotopic (exact) mass is 524 g/mol. The Labute approximate surface area is 227 Å². The second kappa shape index (κ2) is 7.62. The van der Waals surface area contributed by atoms with Crippen molar-refractivity contribution in [1.82, 2.24) is 9.80 Å². The summed E-state index contributed by atoms with van der Waals surface area (Å²) < 4.78 is 0. The number of fused-ring (bicyclic) bond motifs is 2. The molecular formula is C32H20N4O4. The van der Waals surface area contributed by atoms with E-state index in [1.165, 1.54) is 21.9 Å². The topological polar surface area (TPSA) is 122 Å². The number of carbonyl (C=O) groups is 4.